The number of hydrogen-bond donors (Lipinski definition) is 0. The molecule has 0 radical (unpaired) electrons. The van der Waals surface area contributed by atoms with Crippen molar-refractivity contribution in [1.82, 2.24) is 4.90 Å². The molecule has 3 rings (SSSR count). The van der Waals surface area contributed by atoms with E-state index < -0.39 is 0 Å². The van der Waals surface area contributed by atoms with E-state index in [4.69, 9.17) is 0 Å². The molecule has 2 nitrogen and oxygen atoms in total. The Morgan fingerprint density at radius 2 is 1.71 bits per heavy atom. The van der Waals surface area contributed by atoms with Gasteiger partial charge in [0.1, 0.15) is 0 Å². The Hall–Kier alpha value is -1.15. The van der Waals surface area contributed by atoms with Crippen molar-refractivity contribution in [3.63, 3.8) is 0 Å². The van der Waals surface area contributed by atoms with Gasteiger partial charge in [0.2, 0.25) is 0 Å². The number of carbonyl (C=O) groups is 1. The Labute approximate surface area is 128 Å². The van der Waals surface area contributed by atoms with Crippen LogP contribution in [-0.2, 0) is 0 Å². The van der Waals surface area contributed by atoms with Crippen molar-refractivity contribution in [2.45, 2.75) is 45.4 Å². The van der Waals surface area contributed by atoms with Crippen LogP contribution in [0.2, 0.25) is 0 Å². The van der Waals surface area contributed by atoms with Crippen LogP contribution in [0, 0.1) is 11.3 Å². The SMILES string of the molecule is CC(CN1CCC2(CCCC2)CC1)C(=O)c1ccccc1. The van der Waals surface area contributed by atoms with E-state index in [1.54, 1.807) is 0 Å². The summed E-state index contributed by atoms with van der Waals surface area (Å²) in [4.78, 5) is 15.0. The molecule has 1 aromatic carbocycles. The van der Waals surface area contributed by atoms with Gasteiger partial charge >= 0.3 is 0 Å². The lowest BCUT2D eigenvalue weighted by atomic mass is 9.77. The van der Waals surface area contributed by atoms with E-state index in [1.165, 1.54) is 51.6 Å². The van der Waals surface area contributed by atoms with Crippen LogP contribution in [0.1, 0.15) is 55.8 Å². The van der Waals surface area contributed by atoms with Crippen molar-refractivity contribution < 1.29 is 4.79 Å². The van der Waals surface area contributed by atoms with Gasteiger partial charge in [-0.1, -0.05) is 50.1 Å². The van der Waals surface area contributed by atoms with E-state index in [0.717, 1.165) is 12.1 Å². The highest BCUT2D eigenvalue weighted by molar-refractivity contribution is 5.97. The topological polar surface area (TPSA) is 20.3 Å². The van der Waals surface area contributed by atoms with Crippen molar-refractivity contribution in [1.29, 1.82) is 0 Å². The minimum Gasteiger partial charge on any atom is -0.303 e. The number of nitrogens with zero attached hydrogens (tertiary/aromatic N) is 1. The molecule has 1 saturated carbocycles. The zero-order chi connectivity index (χ0) is 14.7. The van der Waals surface area contributed by atoms with Crippen molar-refractivity contribution in [2.75, 3.05) is 19.6 Å². The van der Waals surface area contributed by atoms with Crippen LogP contribution in [0.15, 0.2) is 30.3 Å². The number of piperidine rings is 1. The molecule has 1 aromatic rings. The molecule has 2 fully saturated rings. The molecule has 1 aliphatic carbocycles. The second-order valence-corrected chi connectivity index (χ2v) is 7.14. The lowest BCUT2D eigenvalue weighted by molar-refractivity contribution is 0.0782. The summed E-state index contributed by atoms with van der Waals surface area (Å²) in [5.41, 5.74) is 1.53. The molecule has 0 bridgehead atoms. The van der Waals surface area contributed by atoms with Crippen LogP contribution >= 0.6 is 0 Å². The average molecular weight is 285 g/mol. The number of likely N-dealkylation sites (tertiary alicyclic amines) is 1. The van der Waals surface area contributed by atoms with Crippen LogP contribution in [0.25, 0.3) is 0 Å². The number of rotatable bonds is 4. The third-order valence-corrected chi connectivity index (χ3v) is 5.62. The molecule has 0 aromatic heterocycles. The molecule has 0 amide bonds. The maximum absolute atomic E-state index is 12.4. The maximum Gasteiger partial charge on any atom is 0.166 e. The molecule has 114 valence electrons. The van der Waals surface area contributed by atoms with Crippen molar-refractivity contribution in [3.8, 4) is 0 Å². The Morgan fingerprint density at radius 3 is 2.33 bits per heavy atom. The average Bonchev–Trinajstić information content (AvgIpc) is 2.98. The van der Waals surface area contributed by atoms with Gasteiger partial charge in [-0.3, -0.25) is 4.79 Å². The first-order chi connectivity index (χ1) is 10.2. The van der Waals surface area contributed by atoms with Gasteiger partial charge in [-0.25, -0.2) is 0 Å². The monoisotopic (exact) mass is 285 g/mol. The van der Waals surface area contributed by atoms with Crippen molar-refractivity contribution in [2.24, 2.45) is 11.3 Å². The molecule has 0 N–H and O–H groups in total. The summed E-state index contributed by atoms with van der Waals surface area (Å²) in [5, 5.41) is 0. The quantitative estimate of drug-likeness (QED) is 0.774. The standard InChI is InChI=1S/C19H27NO/c1-16(18(21)17-7-3-2-4-8-17)15-20-13-11-19(12-14-20)9-5-6-10-19/h2-4,7-8,16H,5-6,9-15H2,1H3. The summed E-state index contributed by atoms with van der Waals surface area (Å²) in [5.74, 6) is 0.391. The first-order valence-electron chi connectivity index (χ1n) is 8.50. The van der Waals surface area contributed by atoms with Crippen LogP contribution in [0.5, 0.6) is 0 Å². The summed E-state index contributed by atoms with van der Waals surface area (Å²) in [6.45, 7) is 5.37. The van der Waals surface area contributed by atoms with E-state index >= 15 is 0 Å². The second kappa shape index (κ2) is 6.31. The fourth-order valence-corrected chi connectivity index (χ4v) is 4.19. The summed E-state index contributed by atoms with van der Waals surface area (Å²) in [6, 6.07) is 9.73. The van der Waals surface area contributed by atoms with Crippen LogP contribution in [0.3, 0.4) is 0 Å². The number of Topliss-reactive ketones (excluding diaryl/α,β-unsaturated/α-hetero) is 1. The van der Waals surface area contributed by atoms with E-state index in [1.807, 2.05) is 30.3 Å². The lowest BCUT2D eigenvalue weighted by Gasteiger charge is -2.40. The molecule has 2 aliphatic rings. The van der Waals surface area contributed by atoms with Gasteiger partial charge in [-0.15, -0.1) is 0 Å². The second-order valence-electron chi connectivity index (χ2n) is 7.14. The normalized spacial score (nSPS) is 23.3. The minimum absolute atomic E-state index is 0.102. The van der Waals surface area contributed by atoms with Crippen LogP contribution in [0.4, 0.5) is 0 Å². The zero-order valence-electron chi connectivity index (χ0n) is 13.2. The highest BCUT2D eigenvalue weighted by Crippen LogP contribution is 2.46. The largest absolute Gasteiger partial charge is 0.303 e. The van der Waals surface area contributed by atoms with Crippen molar-refractivity contribution in [3.05, 3.63) is 35.9 Å². The third kappa shape index (κ3) is 3.37. The van der Waals surface area contributed by atoms with Gasteiger partial charge in [0, 0.05) is 18.0 Å². The van der Waals surface area contributed by atoms with E-state index in [9.17, 15) is 4.79 Å². The third-order valence-electron chi connectivity index (χ3n) is 5.62. The van der Waals surface area contributed by atoms with E-state index in [2.05, 4.69) is 11.8 Å². The highest BCUT2D eigenvalue weighted by Gasteiger charge is 2.37. The first-order valence-corrected chi connectivity index (χ1v) is 8.50. The smallest absolute Gasteiger partial charge is 0.166 e. The molecular formula is C19H27NO. The fourth-order valence-electron chi connectivity index (χ4n) is 4.19. The first kappa shape index (κ1) is 14.8. The Morgan fingerprint density at radius 1 is 1.10 bits per heavy atom. The lowest BCUT2D eigenvalue weighted by Crippen LogP contribution is -2.41. The van der Waals surface area contributed by atoms with Gasteiger partial charge in [-0.05, 0) is 44.2 Å². The molecule has 1 saturated heterocycles. The molecule has 2 heteroatoms. The predicted molar refractivity (Wildman–Crippen MR) is 86.5 cm³/mol. The number of benzene rings is 1. The van der Waals surface area contributed by atoms with Gasteiger partial charge in [-0.2, -0.15) is 0 Å². The molecular weight excluding hydrogens is 258 g/mol. The summed E-state index contributed by atoms with van der Waals surface area (Å²) in [6.07, 6.45) is 8.45. The Kier molecular flexibility index (Phi) is 4.44. The van der Waals surface area contributed by atoms with E-state index in [0.29, 0.717) is 5.41 Å². The minimum atomic E-state index is 0.102. The summed E-state index contributed by atoms with van der Waals surface area (Å²) < 4.78 is 0. The maximum atomic E-state index is 12.4. The number of ketones is 1. The summed E-state index contributed by atoms with van der Waals surface area (Å²) in [7, 11) is 0. The molecule has 21 heavy (non-hydrogen) atoms. The summed E-state index contributed by atoms with van der Waals surface area (Å²) >= 11 is 0. The molecule has 1 aliphatic heterocycles. The highest BCUT2D eigenvalue weighted by atomic mass is 16.1. The van der Waals surface area contributed by atoms with Gasteiger partial charge in [0.25, 0.3) is 0 Å². The molecule has 1 atom stereocenters. The molecule has 1 spiro atoms. The number of hydrogen-bond acceptors (Lipinski definition) is 2. The van der Waals surface area contributed by atoms with Crippen molar-refractivity contribution >= 4 is 5.78 Å². The Balaban J connectivity index is 1.52. The van der Waals surface area contributed by atoms with Crippen LogP contribution < -0.4 is 0 Å². The molecule has 1 heterocycles. The van der Waals surface area contributed by atoms with Crippen LogP contribution in [-0.4, -0.2) is 30.3 Å². The van der Waals surface area contributed by atoms with Gasteiger partial charge in [0.05, 0.1) is 0 Å². The Bertz CT molecular complexity index is 466. The van der Waals surface area contributed by atoms with Gasteiger partial charge < -0.3 is 4.90 Å². The number of carbonyl (C=O) groups excluding carboxylic acids is 1. The van der Waals surface area contributed by atoms with E-state index in [-0.39, 0.29) is 11.7 Å². The molecule has 1 unspecified atom stereocenters. The predicted octanol–water partition coefficient (Wildman–Crippen LogP) is 4.16. The van der Waals surface area contributed by atoms with Gasteiger partial charge in [0.15, 0.2) is 5.78 Å². The fraction of sp³-hybridized carbons (Fsp3) is 0.632. The zero-order valence-corrected chi connectivity index (χ0v) is 13.2.